The lowest BCUT2D eigenvalue weighted by Gasteiger charge is -2.26. The number of amides is 1. The van der Waals surface area contributed by atoms with Crippen LogP contribution in [0.3, 0.4) is 0 Å². The molecule has 1 aliphatic rings. The van der Waals surface area contributed by atoms with E-state index < -0.39 is 0 Å². The molecule has 1 saturated carbocycles. The molecule has 0 spiro atoms. The minimum atomic E-state index is 0.105. The molecule has 0 bridgehead atoms. The molecule has 4 heteroatoms. The third-order valence-corrected chi connectivity index (χ3v) is 3.01. The van der Waals surface area contributed by atoms with Gasteiger partial charge in [0.2, 0.25) is 5.91 Å². The van der Waals surface area contributed by atoms with Gasteiger partial charge in [0, 0.05) is 31.6 Å². The molecule has 0 saturated heterocycles. The Morgan fingerprint density at radius 1 is 1.50 bits per heavy atom. The molecule has 1 amide bonds. The molecule has 0 aliphatic heterocycles. The van der Waals surface area contributed by atoms with Crippen LogP contribution in [-0.4, -0.2) is 43.0 Å². The van der Waals surface area contributed by atoms with Gasteiger partial charge in [0.05, 0.1) is 0 Å². The van der Waals surface area contributed by atoms with Crippen LogP contribution < -0.4 is 11.1 Å². The summed E-state index contributed by atoms with van der Waals surface area (Å²) in [5, 5.41) is 2.91. The lowest BCUT2D eigenvalue weighted by molar-refractivity contribution is -0.122. The van der Waals surface area contributed by atoms with Crippen molar-refractivity contribution < 1.29 is 4.79 Å². The molecule has 0 aromatic carbocycles. The number of nitrogens with two attached hydrogens (primary N) is 1. The van der Waals surface area contributed by atoms with Gasteiger partial charge in [0.1, 0.15) is 0 Å². The van der Waals surface area contributed by atoms with E-state index in [0.29, 0.717) is 13.0 Å². The van der Waals surface area contributed by atoms with Crippen LogP contribution in [0.1, 0.15) is 33.1 Å². The molecule has 1 rings (SSSR count). The van der Waals surface area contributed by atoms with Crippen molar-refractivity contribution in [2.75, 3.05) is 20.1 Å². The molecule has 1 fully saturated rings. The topological polar surface area (TPSA) is 58.4 Å². The predicted octanol–water partition coefficient (Wildman–Crippen LogP) is 0.570. The Morgan fingerprint density at radius 3 is 2.56 bits per heavy atom. The highest BCUT2D eigenvalue weighted by Gasteiger charge is 2.26. The van der Waals surface area contributed by atoms with Crippen LogP contribution in [0.5, 0.6) is 0 Å². The smallest absolute Gasteiger partial charge is 0.221 e. The molecule has 16 heavy (non-hydrogen) atoms. The van der Waals surface area contributed by atoms with Crippen molar-refractivity contribution in [3.63, 3.8) is 0 Å². The number of likely N-dealkylation sites (N-methyl/N-ethyl adjacent to an activating group) is 1. The van der Waals surface area contributed by atoms with Crippen molar-refractivity contribution in [3.8, 4) is 0 Å². The maximum atomic E-state index is 11.6. The van der Waals surface area contributed by atoms with Crippen LogP contribution >= 0.6 is 0 Å². The second kappa shape index (κ2) is 6.21. The van der Waals surface area contributed by atoms with E-state index in [1.54, 1.807) is 0 Å². The van der Waals surface area contributed by atoms with Crippen LogP contribution in [0.15, 0.2) is 0 Å². The quantitative estimate of drug-likeness (QED) is 0.668. The zero-order valence-electron chi connectivity index (χ0n) is 10.7. The maximum absolute atomic E-state index is 11.6. The molecule has 0 aromatic rings. The highest BCUT2D eigenvalue weighted by atomic mass is 16.1. The first-order valence-corrected chi connectivity index (χ1v) is 6.22. The minimum Gasteiger partial charge on any atom is -0.354 e. The van der Waals surface area contributed by atoms with Gasteiger partial charge in [-0.15, -0.1) is 0 Å². The average Bonchev–Trinajstić information content (AvgIpc) is 2.96. The van der Waals surface area contributed by atoms with E-state index in [9.17, 15) is 4.79 Å². The summed E-state index contributed by atoms with van der Waals surface area (Å²) in [4.78, 5) is 13.9. The predicted molar refractivity (Wildman–Crippen MR) is 66.1 cm³/mol. The van der Waals surface area contributed by atoms with Gasteiger partial charge in [-0.05, 0) is 39.7 Å². The van der Waals surface area contributed by atoms with Gasteiger partial charge in [-0.3, -0.25) is 4.79 Å². The maximum Gasteiger partial charge on any atom is 0.221 e. The Kier molecular flexibility index (Phi) is 5.22. The van der Waals surface area contributed by atoms with Crippen molar-refractivity contribution in [1.29, 1.82) is 0 Å². The molecular formula is C12H25N3O. The standard InChI is InChI=1S/C12H25N3O/c1-9(2)14-12(16)6-11(7-13)15(3)8-10-4-5-10/h9-11H,4-8,13H2,1-3H3,(H,14,16). The van der Waals surface area contributed by atoms with Crippen molar-refractivity contribution in [2.24, 2.45) is 11.7 Å². The summed E-state index contributed by atoms with van der Waals surface area (Å²) in [7, 11) is 2.07. The fraction of sp³-hybridized carbons (Fsp3) is 0.917. The Labute approximate surface area is 98.6 Å². The fourth-order valence-electron chi connectivity index (χ4n) is 1.87. The average molecular weight is 227 g/mol. The third-order valence-electron chi connectivity index (χ3n) is 3.01. The van der Waals surface area contributed by atoms with E-state index in [4.69, 9.17) is 5.73 Å². The lowest BCUT2D eigenvalue weighted by atomic mass is 10.1. The van der Waals surface area contributed by atoms with E-state index >= 15 is 0 Å². The van der Waals surface area contributed by atoms with Crippen LogP contribution in [0.4, 0.5) is 0 Å². The molecule has 1 unspecified atom stereocenters. The SMILES string of the molecule is CC(C)NC(=O)CC(CN)N(C)CC1CC1. The summed E-state index contributed by atoms with van der Waals surface area (Å²) < 4.78 is 0. The van der Waals surface area contributed by atoms with Crippen LogP contribution in [-0.2, 0) is 4.79 Å². The molecule has 3 N–H and O–H groups in total. The fourth-order valence-corrected chi connectivity index (χ4v) is 1.87. The van der Waals surface area contributed by atoms with Crippen molar-refractivity contribution in [3.05, 3.63) is 0 Å². The van der Waals surface area contributed by atoms with E-state index in [1.165, 1.54) is 12.8 Å². The van der Waals surface area contributed by atoms with Gasteiger partial charge in [-0.1, -0.05) is 0 Å². The highest BCUT2D eigenvalue weighted by molar-refractivity contribution is 5.76. The highest BCUT2D eigenvalue weighted by Crippen LogP contribution is 2.29. The molecule has 0 heterocycles. The normalized spacial score (nSPS) is 17.9. The van der Waals surface area contributed by atoms with Crippen molar-refractivity contribution >= 4 is 5.91 Å². The summed E-state index contributed by atoms with van der Waals surface area (Å²) >= 11 is 0. The van der Waals surface area contributed by atoms with Crippen molar-refractivity contribution in [2.45, 2.75) is 45.2 Å². The summed E-state index contributed by atoms with van der Waals surface area (Å²) in [5.41, 5.74) is 5.73. The van der Waals surface area contributed by atoms with Crippen LogP contribution in [0, 0.1) is 5.92 Å². The number of nitrogens with zero attached hydrogens (tertiary/aromatic N) is 1. The van der Waals surface area contributed by atoms with E-state index in [0.717, 1.165) is 12.5 Å². The number of hydrogen-bond donors (Lipinski definition) is 2. The summed E-state index contributed by atoms with van der Waals surface area (Å²) in [6.45, 7) is 5.58. The number of carbonyl (C=O) groups excluding carboxylic acids is 1. The summed E-state index contributed by atoms with van der Waals surface area (Å²) in [6.07, 6.45) is 3.18. The van der Waals surface area contributed by atoms with Crippen LogP contribution in [0.25, 0.3) is 0 Å². The minimum absolute atomic E-state index is 0.105. The Balaban J connectivity index is 2.31. The second-order valence-electron chi connectivity index (χ2n) is 5.20. The van der Waals surface area contributed by atoms with E-state index in [2.05, 4.69) is 17.3 Å². The number of carbonyl (C=O) groups is 1. The van der Waals surface area contributed by atoms with Crippen LogP contribution in [0.2, 0.25) is 0 Å². The molecule has 0 aromatic heterocycles. The second-order valence-corrected chi connectivity index (χ2v) is 5.20. The van der Waals surface area contributed by atoms with Gasteiger partial charge in [0.25, 0.3) is 0 Å². The van der Waals surface area contributed by atoms with Gasteiger partial charge < -0.3 is 16.0 Å². The molecule has 1 atom stereocenters. The summed E-state index contributed by atoms with van der Waals surface area (Å²) in [6, 6.07) is 0.388. The largest absolute Gasteiger partial charge is 0.354 e. The van der Waals surface area contributed by atoms with Gasteiger partial charge >= 0.3 is 0 Å². The summed E-state index contributed by atoms with van der Waals surface area (Å²) in [5.74, 6) is 0.945. The first-order valence-electron chi connectivity index (χ1n) is 6.22. The first kappa shape index (κ1) is 13.5. The zero-order chi connectivity index (χ0) is 12.1. The zero-order valence-corrected chi connectivity index (χ0v) is 10.7. The van der Waals surface area contributed by atoms with E-state index in [-0.39, 0.29) is 18.0 Å². The van der Waals surface area contributed by atoms with E-state index in [1.807, 2.05) is 13.8 Å². The molecular weight excluding hydrogens is 202 g/mol. The van der Waals surface area contributed by atoms with Crippen molar-refractivity contribution in [1.82, 2.24) is 10.2 Å². The number of nitrogens with one attached hydrogen (secondary N) is 1. The van der Waals surface area contributed by atoms with Gasteiger partial charge in [0.15, 0.2) is 0 Å². The molecule has 0 radical (unpaired) electrons. The Morgan fingerprint density at radius 2 is 2.12 bits per heavy atom. The third kappa shape index (κ3) is 4.94. The molecule has 1 aliphatic carbocycles. The number of rotatable bonds is 7. The molecule has 94 valence electrons. The lowest BCUT2D eigenvalue weighted by Crippen LogP contribution is -2.43. The Hall–Kier alpha value is -0.610. The monoisotopic (exact) mass is 227 g/mol. The van der Waals surface area contributed by atoms with Gasteiger partial charge in [-0.25, -0.2) is 0 Å². The Bertz CT molecular complexity index is 226. The van der Waals surface area contributed by atoms with Gasteiger partial charge in [-0.2, -0.15) is 0 Å². The first-order chi connectivity index (χ1) is 7.52. The number of hydrogen-bond acceptors (Lipinski definition) is 3. The molecule has 4 nitrogen and oxygen atoms in total.